The molecule has 2 rings (SSSR count). The van der Waals surface area contributed by atoms with Crippen molar-refractivity contribution in [3.8, 4) is 0 Å². The summed E-state index contributed by atoms with van der Waals surface area (Å²) in [5.74, 6) is -0.290. The van der Waals surface area contributed by atoms with Crippen molar-refractivity contribution in [2.45, 2.75) is 13.5 Å². The monoisotopic (exact) mass is 354 g/mol. The van der Waals surface area contributed by atoms with Crippen molar-refractivity contribution < 1.29 is 14.6 Å². The molecule has 23 heavy (non-hydrogen) atoms. The number of aryl methyl sites for hydroxylation is 1. The van der Waals surface area contributed by atoms with Gasteiger partial charge in [0.1, 0.15) is 12.2 Å². The number of benzene rings is 1. The summed E-state index contributed by atoms with van der Waals surface area (Å²) in [7, 11) is 1.91. The molecule has 0 aliphatic heterocycles. The minimum absolute atomic E-state index is 0.118. The summed E-state index contributed by atoms with van der Waals surface area (Å²) in [5.41, 5.74) is 1.15. The van der Waals surface area contributed by atoms with Gasteiger partial charge >= 0.3 is 0 Å². The molecule has 2 aromatic rings. The van der Waals surface area contributed by atoms with Crippen molar-refractivity contribution in [1.29, 1.82) is 0 Å². The lowest BCUT2D eigenvalue weighted by Crippen LogP contribution is -3.08. The fourth-order valence-corrected chi connectivity index (χ4v) is 3.35. The summed E-state index contributed by atoms with van der Waals surface area (Å²) < 4.78 is 0. The van der Waals surface area contributed by atoms with Crippen molar-refractivity contribution in [3.63, 3.8) is 0 Å². The molecule has 2 N–H and O–H groups in total. The van der Waals surface area contributed by atoms with Crippen molar-refractivity contribution in [1.82, 2.24) is 0 Å². The van der Waals surface area contributed by atoms with Gasteiger partial charge in [0, 0.05) is 11.1 Å². The summed E-state index contributed by atoms with van der Waals surface area (Å²) in [6.07, 6.45) is 0. The maximum absolute atomic E-state index is 12.1. The fraction of sp³-hybridized carbons (Fsp3) is 0.267. The van der Waals surface area contributed by atoms with Gasteiger partial charge in [0.25, 0.3) is 11.6 Å². The molecule has 0 spiro atoms. The van der Waals surface area contributed by atoms with Gasteiger partial charge in [0.15, 0.2) is 6.54 Å². The number of hydrogen-bond acceptors (Lipinski definition) is 4. The predicted molar refractivity (Wildman–Crippen MR) is 91.2 cm³/mol. The summed E-state index contributed by atoms with van der Waals surface area (Å²) in [4.78, 5) is 24.8. The van der Waals surface area contributed by atoms with E-state index in [2.05, 4.69) is 5.32 Å². The van der Waals surface area contributed by atoms with Gasteiger partial charge in [0.2, 0.25) is 0 Å². The average molecular weight is 355 g/mol. The van der Waals surface area contributed by atoms with Crippen LogP contribution in [0.4, 0.5) is 11.4 Å². The van der Waals surface area contributed by atoms with Crippen molar-refractivity contribution in [3.05, 3.63) is 55.2 Å². The van der Waals surface area contributed by atoms with Gasteiger partial charge in [-0.3, -0.25) is 14.9 Å². The lowest BCUT2D eigenvalue weighted by atomic mass is 10.2. The number of nitrogens with one attached hydrogen (secondary N) is 2. The van der Waals surface area contributed by atoms with E-state index in [9.17, 15) is 14.9 Å². The molecule has 0 fully saturated rings. The number of rotatable bonds is 6. The molecular formula is C15H17ClN3O3S+. The van der Waals surface area contributed by atoms with Crippen LogP contribution in [0, 0.1) is 17.0 Å². The first-order valence-electron chi connectivity index (χ1n) is 6.95. The van der Waals surface area contributed by atoms with Crippen molar-refractivity contribution in [2.75, 3.05) is 18.9 Å². The number of quaternary nitrogens is 1. The van der Waals surface area contributed by atoms with E-state index in [-0.39, 0.29) is 23.8 Å². The van der Waals surface area contributed by atoms with E-state index in [0.717, 1.165) is 11.4 Å². The molecule has 1 unspecified atom stereocenters. The van der Waals surface area contributed by atoms with E-state index < -0.39 is 4.92 Å². The lowest BCUT2D eigenvalue weighted by molar-refractivity contribution is -0.884. The minimum atomic E-state index is -0.544. The van der Waals surface area contributed by atoms with Crippen LogP contribution in [0.1, 0.15) is 10.4 Å². The van der Waals surface area contributed by atoms with Gasteiger partial charge in [-0.15, -0.1) is 11.3 Å². The van der Waals surface area contributed by atoms with E-state index >= 15 is 0 Å². The second kappa shape index (κ2) is 7.54. The Labute approximate surface area is 142 Å². The van der Waals surface area contributed by atoms with Gasteiger partial charge in [-0.2, -0.15) is 0 Å². The highest BCUT2D eigenvalue weighted by molar-refractivity contribution is 7.10. The number of carbonyl (C=O) groups excluding carboxylic acids is 1. The average Bonchev–Trinajstić information content (AvgIpc) is 2.83. The molecule has 0 aliphatic rings. The number of nitro groups is 1. The van der Waals surface area contributed by atoms with Crippen LogP contribution in [-0.4, -0.2) is 24.4 Å². The molecule has 8 heteroatoms. The Kier molecular flexibility index (Phi) is 5.70. The van der Waals surface area contributed by atoms with Gasteiger partial charge < -0.3 is 10.2 Å². The molecule has 1 aromatic carbocycles. The van der Waals surface area contributed by atoms with Crippen LogP contribution in [0.3, 0.4) is 0 Å². The zero-order valence-corrected chi connectivity index (χ0v) is 14.3. The highest BCUT2D eigenvalue weighted by Crippen LogP contribution is 2.27. The smallest absolute Gasteiger partial charge is 0.292 e. The Morgan fingerprint density at radius 3 is 2.78 bits per heavy atom. The third-order valence-electron chi connectivity index (χ3n) is 3.32. The maximum atomic E-state index is 12.1. The third kappa shape index (κ3) is 4.75. The number of hydrogen-bond donors (Lipinski definition) is 2. The number of likely N-dealkylation sites (N-methyl/N-ethyl adjacent to an activating group) is 1. The first kappa shape index (κ1) is 17.4. The van der Waals surface area contributed by atoms with Gasteiger partial charge in [0.05, 0.1) is 16.8 Å². The number of amides is 1. The van der Waals surface area contributed by atoms with Crippen LogP contribution in [0.25, 0.3) is 0 Å². The molecule has 1 heterocycles. The summed E-state index contributed by atoms with van der Waals surface area (Å²) >= 11 is 7.50. The van der Waals surface area contributed by atoms with E-state index in [1.807, 2.05) is 25.4 Å². The second-order valence-electron chi connectivity index (χ2n) is 5.30. The van der Waals surface area contributed by atoms with E-state index in [0.29, 0.717) is 5.02 Å². The van der Waals surface area contributed by atoms with E-state index in [1.54, 1.807) is 11.3 Å². The molecule has 6 nitrogen and oxygen atoms in total. The molecule has 0 saturated carbocycles. The molecule has 1 atom stereocenters. The topological polar surface area (TPSA) is 76.7 Å². The Morgan fingerprint density at radius 2 is 2.17 bits per heavy atom. The number of carbonyl (C=O) groups is 1. The zero-order chi connectivity index (χ0) is 17.0. The Morgan fingerprint density at radius 1 is 1.43 bits per heavy atom. The second-order valence-corrected chi connectivity index (χ2v) is 6.74. The zero-order valence-electron chi connectivity index (χ0n) is 12.8. The quantitative estimate of drug-likeness (QED) is 0.617. The Balaban J connectivity index is 2.01. The molecule has 0 aliphatic carbocycles. The van der Waals surface area contributed by atoms with Crippen LogP contribution in [0.15, 0.2) is 29.6 Å². The third-order valence-corrected chi connectivity index (χ3v) is 4.58. The number of thiophene rings is 1. The van der Waals surface area contributed by atoms with E-state index in [4.69, 9.17) is 11.6 Å². The molecule has 1 aromatic heterocycles. The Hall–Kier alpha value is -1.96. The summed E-state index contributed by atoms with van der Waals surface area (Å²) in [6, 6.07) is 6.13. The van der Waals surface area contributed by atoms with Gasteiger partial charge in [-0.25, -0.2) is 0 Å². The molecule has 0 radical (unpaired) electrons. The van der Waals surface area contributed by atoms with Crippen LogP contribution in [-0.2, 0) is 11.3 Å². The lowest BCUT2D eigenvalue weighted by Gasteiger charge is -2.13. The number of halogens is 1. The molecule has 0 saturated heterocycles. The molecular weight excluding hydrogens is 338 g/mol. The largest absolute Gasteiger partial charge is 0.325 e. The van der Waals surface area contributed by atoms with Crippen molar-refractivity contribution >= 4 is 40.2 Å². The first-order chi connectivity index (χ1) is 10.9. The minimum Gasteiger partial charge on any atom is -0.325 e. The first-order valence-corrected chi connectivity index (χ1v) is 8.20. The SMILES string of the molecule is Cc1ccsc1C[NH+](C)CC(=O)Nc1cc(Cl)ccc1[N+](=O)[O-]. The number of nitrogens with zero attached hydrogens (tertiary/aromatic N) is 1. The fourth-order valence-electron chi connectivity index (χ4n) is 2.16. The highest BCUT2D eigenvalue weighted by Gasteiger charge is 2.18. The molecule has 1 amide bonds. The van der Waals surface area contributed by atoms with Crippen LogP contribution in [0.2, 0.25) is 5.02 Å². The van der Waals surface area contributed by atoms with Crippen LogP contribution >= 0.6 is 22.9 Å². The Bertz CT molecular complexity index is 733. The highest BCUT2D eigenvalue weighted by atomic mass is 35.5. The van der Waals surface area contributed by atoms with Crippen LogP contribution in [0.5, 0.6) is 0 Å². The van der Waals surface area contributed by atoms with Gasteiger partial charge in [-0.1, -0.05) is 11.6 Å². The molecule has 122 valence electrons. The maximum Gasteiger partial charge on any atom is 0.292 e. The summed E-state index contributed by atoms with van der Waals surface area (Å²) in [5, 5.41) is 15.9. The molecule has 0 bridgehead atoms. The van der Waals surface area contributed by atoms with Gasteiger partial charge in [-0.05, 0) is 36.1 Å². The summed E-state index contributed by atoms with van der Waals surface area (Å²) in [6.45, 7) is 2.98. The normalized spacial score (nSPS) is 12.0. The van der Waals surface area contributed by atoms with E-state index in [1.165, 1.54) is 28.6 Å². The number of anilines is 1. The number of nitro benzene ring substituents is 1. The predicted octanol–water partition coefficient (Wildman–Crippen LogP) is 2.27. The van der Waals surface area contributed by atoms with Crippen LogP contribution < -0.4 is 10.2 Å². The van der Waals surface area contributed by atoms with Crippen molar-refractivity contribution in [2.24, 2.45) is 0 Å². The standard InChI is InChI=1S/C15H16ClN3O3S/c1-10-5-6-23-14(10)8-18(2)9-15(20)17-12-7-11(16)3-4-13(12)19(21)22/h3-7H,8-9H2,1-2H3,(H,17,20)/p+1.